The standard InChI is InChI=1S/C7H10N2O4S/c8-6(10)5(7(9)11)4-1-2-14(12,13)3-4/h1-2,4-5H,3H2,(H2,8,10)(H2,9,11). The normalized spacial score (nSPS) is 23.9. The van der Waals surface area contributed by atoms with Crippen molar-refractivity contribution in [2.75, 3.05) is 5.75 Å². The summed E-state index contributed by atoms with van der Waals surface area (Å²) in [6.45, 7) is 0. The fourth-order valence-corrected chi connectivity index (χ4v) is 2.76. The van der Waals surface area contributed by atoms with Crippen molar-refractivity contribution in [2.24, 2.45) is 23.3 Å². The fraction of sp³-hybridized carbons (Fsp3) is 0.429. The number of nitrogens with two attached hydrogens (primary N) is 2. The fourth-order valence-electron chi connectivity index (χ4n) is 1.37. The van der Waals surface area contributed by atoms with Crippen LogP contribution in [0.1, 0.15) is 0 Å². The average Bonchev–Trinajstić information content (AvgIpc) is 2.28. The maximum atomic E-state index is 11.0. The Balaban J connectivity index is 2.90. The zero-order valence-corrected chi connectivity index (χ0v) is 8.03. The van der Waals surface area contributed by atoms with Gasteiger partial charge in [-0.3, -0.25) is 9.59 Å². The van der Waals surface area contributed by atoms with E-state index in [-0.39, 0.29) is 5.75 Å². The van der Waals surface area contributed by atoms with Crippen LogP contribution in [0.15, 0.2) is 11.5 Å². The molecule has 1 unspecified atom stereocenters. The van der Waals surface area contributed by atoms with E-state index in [0.717, 1.165) is 5.41 Å². The van der Waals surface area contributed by atoms with E-state index >= 15 is 0 Å². The molecule has 14 heavy (non-hydrogen) atoms. The number of amides is 2. The van der Waals surface area contributed by atoms with Gasteiger partial charge in [-0.15, -0.1) is 0 Å². The molecule has 0 aliphatic carbocycles. The number of rotatable bonds is 3. The molecule has 78 valence electrons. The number of carbonyl (C=O) groups excluding carboxylic acids is 2. The van der Waals surface area contributed by atoms with Gasteiger partial charge in [-0.25, -0.2) is 8.42 Å². The first kappa shape index (κ1) is 10.7. The predicted molar refractivity (Wildman–Crippen MR) is 48.3 cm³/mol. The number of primary amides is 2. The summed E-state index contributed by atoms with van der Waals surface area (Å²) in [6.07, 6.45) is 1.27. The van der Waals surface area contributed by atoms with Crippen molar-refractivity contribution >= 4 is 21.7 Å². The molecule has 2 amide bonds. The minimum Gasteiger partial charge on any atom is -0.369 e. The lowest BCUT2D eigenvalue weighted by molar-refractivity contribution is -0.132. The highest BCUT2D eigenvalue weighted by molar-refractivity contribution is 7.94. The van der Waals surface area contributed by atoms with E-state index < -0.39 is 33.5 Å². The quantitative estimate of drug-likeness (QED) is 0.539. The van der Waals surface area contributed by atoms with Crippen molar-refractivity contribution in [2.45, 2.75) is 0 Å². The second-order valence-electron chi connectivity index (χ2n) is 3.10. The molecule has 0 aromatic heterocycles. The van der Waals surface area contributed by atoms with E-state index in [1.54, 1.807) is 0 Å². The molecule has 0 aromatic carbocycles. The number of hydrogen-bond donors (Lipinski definition) is 2. The number of sulfone groups is 1. The first-order valence-corrected chi connectivity index (χ1v) is 5.54. The van der Waals surface area contributed by atoms with Crippen molar-refractivity contribution in [3.63, 3.8) is 0 Å². The van der Waals surface area contributed by atoms with Crippen molar-refractivity contribution in [3.8, 4) is 0 Å². The van der Waals surface area contributed by atoms with Gasteiger partial charge in [0.15, 0.2) is 9.84 Å². The molecule has 6 nitrogen and oxygen atoms in total. The monoisotopic (exact) mass is 218 g/mol. The summed E-state index contributed by atoms with van der Waals surface area (Å²) in [5, 5.41) is 0.969. The molecule has 7 heteroatoms. The van der Waals surface area contributed by atoms with E-state index in [4.69, 9.17) is 11.5 Å². The molecule has 1 heterocycles. The lowest BCUT2D eigenvalue weighted by Gasteiger charge is -2.13. The van der Waals surface area contributed by atoms with Crippen LogP contribution in [0, 0.1) is 11.8 Å². The van der Waals surface area contributed by atoms with E-state index in [0.29, 0.717) is 0 Å². The second kappa shape index (κ2) is 3.41. The molecule has 1 rings (SSSR count). The second-order valence-corrected chi connectivity index (χ2v) is 5.04. The highest BCUT2D eigenvalue weighted by atomic mass is 32.2. The SMILES string of the molecule is NC(=O)C(C(N)=O)C1C=CS(=O)(=O)C1. The maximum Gasteiger partial charge on any atom is 0.230 e. The lowest BCUT2D eigenvalue weighted by atomic mass is 9.93. The van der Waals surface area contributed by atoms with Crippen LogP contribution in [0.2, 0.25) is 0 Å². The highest BCUT2D eigenvalue weighted by Gasteiger charge is 2.35. The molecule has 0 spiro atoms. The smallest absolute Gasteiger partial charge is 0.230 e. The lowest BCUT2D eigenvalue weighted by Crippen LogP contribution is -2.40. The summed E-state index contributed by atoms with van der Waals surface area (Å²) in [4.78, 5) is 21.7. The van der Waals surface area contributed by atoms with Crippen LogP contribution >= 0.6 is 0 Å². The molecule has 4 N–H and O–H groups in total. The van der Waals surface area contributed by atoms with Crippen molar-refractivity contribution in [1.82, 2.24) is 0 Å². The van der Waals surface area contributed by atoms with Crippen LogP contribution in [0.3, 0.4) is 0 Å². The Morgan fingerprint density at radius 3 is 2.07 bits per heavy atom. The molecule has 1 aliphatic heterocycles. The third-order valence-electron chi connectivity index (χ3n) is 2.00. The summed E-state index contributed by atoms with van der Waals surface area (Å²) in [7, 11) is -3.30. The maximum absolute atomic E-state index is 11.0. The van der Waals surface area contributed by atoms with Gasteiger partial charge in [-0.2, -0.15) is 0 Å². The topological polar surface area (TPSA) is 120 Å². The summed E-state index contributed by atoms with van der Waals surface area (Å²) >= 11 is 0. The third kappa shape index (κ3) is 2.11. The Hall–Kier alpha value is -1.37. The molecular formula is C7H10N2O4S. The van der Waals surface area contributed by atoms with Gasteiger partial charge in [0, 0.05) is 11.3 Å². The zero-order chi connectivity index (χ0) is 10.9. The van der Waals surface area contributed by atoms with Crippen LogP contribution in [0.25, 0.3) is 0 Å². The van der Waals surface area contributed by atoms with Crippen molar-refractivity contribution < 1.29 is 18.0 Å². The average molecular weight is 218 g/mol. The Kier molecular flexibility index (Phi) is 2.61. The van der Waals surface area contributed by atoms with Crippen molar-refractivity contribution in [3.05, 3.63) is 11.5 Å². The predicted octanol–water partition coefficient (Wildman–Crippen LogP) is -1.87. The first-order valence-electron chi connectivity index (χ1n) is 3.83. The van der Waals surface area contributed by atoms with Gasteiger partial charge in [0.25, 0.3) is 0 Å². The van der Waals surface area contributed by atoms with Gasteiger partial charge in [0.1, 0.15) is 5.92 Å². The molecule has 0 saturated carbocycles. The van der Waals surface area contributed by atoms with Crippen LogP contribution in [0.4, 0.5) is 0 Å². The minimum absolute atomic E-state index is 0.288. The van der Waals surface area contributed by atoms with E-state index in [1.165, 1.54) is 6.08 Å². The number of carbonyl (C=O) groups is 2. The Bertz CT molecular complexity index is 384. The van der Waals surface area contributed by atoms with Crippen LogP contribution < -0.4 is 11.5 Å². The Morgan fingerprint density at radius 1 is 1.29 bits per heavy atom. The molecule has 0 fully saturated rings. The number of allylic oxidation sites excluding steroid dienone is 1. The van der Waals surface area contributed by atoms with E-state index in [9.17, 15) is 18.0 Å². The van der Waals surface area contributed by atoms with Crippen LogP contribution in [-0.2, 0) is 19.4 Å². The zero-order valence-electron chi connectivity index (χ0n) is 7.21. The van der Waals surface area contributed by atoms with Crippen molar-refractivity contribution in [1.29, 1.82) is 0 Å². The van der Waals surface area contributed by atoms with Gasteiger partial charge in [-0.05, 0) is 0 Å². The summed E-state index contributed by atoms with van der Waals surface area (Å²) < 4.78 is 22.0. The molecule has 0 radical (unpaired) electrons. The molecule has 0 saturated heterocycles. The van der Waals surface area contributed by atoms with E-state index in [1.807, 2.05) is 0 Å². The molecule has 0 bridgehead atoms. The largest absolute Gasteiger partial charge is 0.369 e. The molecule has 1 aliphatic rings. The van der Waals surface area contributed by atoms with Gasteiger partial charge in [-0.1, -0.05) is 6.08 Å². The van der Waals surface area contributed by atoms with Gasteiger partial charge in [0.05, 0.1) is 5.75 Å². The Labute approximate surface area is 80.9 Å². The third-order valence-corrected chi connectivity index (χ3v) is 3.42. The minimum atomic E-state index is -3.30. The molecular weight excluding hydrogens is 208 g/mol. The molecule has 1 atom stereocenters. The first-order chi connectivity index (χ1) is 6.33. The van der Waals surface area contributed by atoms with Crippen LogP contribution in [0.5, 0.6) is 0 Å². The summed E-state index contributed by atoms with van der Waals surface area (Å²) in [5.74, 6) is -4.06. The van der Waals surface area contributed by atoms with E-state index in [2.05, 4.69) is 0 Å². The van der Waals surface area contributed by atoms with Gasteiger partial charge < -0.3 is 11.5 Å². The number of hydrogen-bond acceptors (Lipinski definition) is 4. The molecule has 0 aromatic rings. The van der Waals surface area contributed by atoms with Gasteiger partial charge in [0.2, 0.25) is 11.8 Å². The summed E-state index contributed by atoms with van der Waals surface area (Å²) in [5.41, 5.74) is 9.88. The Morgan fingerprint density at radius 2 is 1.79 bits per heavy atom. The van der Waals surface area contributed by atoms with Gasteiger partial charge >= 0.3 is 0 Å². The van der Waals surface area contributed by atoms with Crippen LogP contribution in [-0.4, -0.2) is 26.0 Å². The highest BCUT2D eigenvalue weighted by Crippen LogP contribution is 2.22. The summed E-state index contributed by atoms with van der Waals surface area (Å²) in [6, 6.07) is 0.